The lowest BCUT2D eigenvalue weighted by molar-refractivity contribution is 0.923. The first-order chi connectivity index (χ1) is 6.92. The Morgan fingerprint density at radius 3 is 3.36 bits per heavy atom. The summed E-state index contributed by atoms with van der Waals surface area (Å²) in [5.41, 5.74) is 1.62. The molecular weight excluding hydrogens is 174 g/mol. The van der Waals surface area contributed by atoms with Crippen molar-refractivity contribution in [2.24, 2.45) is 0 Å². The number of hydrogen-bond acceptors (Lipinski definition) is 2. The normalized spacial score (nSPS) is 9.43. The Kier molecular flexibility index (Phi) is 2.28. The van der Waals surface area contributed by atoms with Crippen molar-refractivity contribution in [2.45, 2.75) is 6.42 Å². The Bertz CT molecular complexity index is 514. The SMILES string of the molecule is C=CCC#Cc1cnc2cccnn12. The van der Waals surface area contributed by atoms with Gasteiger partial charge in [0.25, 0.3) is 0 Å². The Labute approximate surface area is 82.1 Å². The molecule has 2 heterocycles. The Balaban J connectivity index is 2.44. The summed E-state index contributed by atoms with van der Waals surface area (Å²) >= 11 is 0. The van der Waals surface area contributed by atoms with E-state index in [0.717, 1.165) is 11.3 Å². The lowest BCUT2D eigenvalue weighted by atomic mass is 10.4. The van der Waals surface area contributed by atoms with Crippen molar-refractivity contribution in [3.8, 4) is 11.8 Å². The van der Waals surface area contributed by atoms with Crippen molar-refractivity contribution in [1.29, 1.82) is 0 Å². The fourth-order valence-electron chi connectivity index (χ4n) is 1.13. The summed E-state index contributed by atoms with van der Waals surface area (Å²) in [6, 6.07) is 3.75. The number of hydrogen-bond donors (Lipinski definition) is 0. The van der Waals surface area contributed by atoms with Gasteiger partial charge in [0.2, 0.25) is 0 Å². The Hall–Kier alpha value is -2.08. The number of rotatable bonds is 1. The standard InChI is InChI=1S/C11H9N3/c1-2-3-4-6-10-9-12-11-7-5-8-13-14(10)11/h2,5,7-9H,1,3H2. The second-order valence-electron chi connectivity index (χ2n) is 2.73. The van der Waals surface area contributed by atoms with Crippen LogP contribution < -0.4 is 0 Å². The zero-order chi connectivity index (χ0) is 9.80. The first-order valence-corrected chi connectivity index (χ1v) is 4.30. The number of imidazole rings is 1. The van der Waals surface area contributed by atoms with Gasteiger partial charge in [0.05, 0.1) is 6.20 Å². The summed E-state index contributed by atoms with van der Waals surface area (Å²) in [5.74, 6) is 5.95. The van der Waals surface area contributed by atoms with E-state index >= 15 is 0 Å². The van der Waals surface area contributed by atoms with Crippen LogP contribution in [0.4, 0.5) is 0 Å². The minimum Gasteiger partial charge on any atom is -0.234 e. The van der Waals surface area contributed by atoms with Crippen LogP contribution in [0.15, 0.2) is 37.2 Å². The highest BCUT2D eigenvalue weighted by atomic mass is 15.2. The van der Waals surface area contributed by atoms with Gasteiger partial charge in [-0.05, 0) is 18.1 Å². The maximum absolute atomic E-state index is 4.17. The molecule has 0 unspecified atom stereocenters. The van der Waals surface area contributed by atoms with Crippen LogP contribution in [0.2, 0.25) is 0 Å². The van der Waals surface area contributed by atoms with Gasteiger partial charge in [-0.15, -0.1) is 6.58 Å². The van der Waals surface area contributed by atoms with Gasteiger partial charge in [-0.3, -0.25) is 0 Å². The molecule has 0 aliphatic carbocycles. The summed E-state index contributed by atoms with van der Waals surface area (Å²) in [6.45, 7) is 3.60. The van der Waals surface area contributed by atoms with E-state index in [2.05, 4.69) is 28.5 Å². The highest BCUT2D eigenvalue weighted by Crippen LogP contribution is 2.01. The third kappa shape index (κ3) is 1.50. The second-order valence-corrected chi connectivity index (χ2v) is 2.73. The van der Waals surface area contributed by atoms with Crippen LogP contribution in [0, 0.1) is 11.8 Å². The molecule has 14 heavy (non-hydrogen) atoms. The molecule has 68 valence electrons. The lowest BCUT2D eigenvalue weighted by Gasteiger charge is -1.90. The molecule has 0 fully saturated rings. The van der Waals surface area contributed by atoms with E-state index in [0.29, 0.717) is 6.42 Å². The van der Waals surface area contributed by atoms with Gasteiger partial charge in [0, 0.05) is 12.6 Å². The van der Waals surface area contributed by atoms with Crippen LogP contribution in [-0.2, 0) is 0 Å². The highest BCUT2D eigenvalue weighted by Gasteiger charge is 1.98. The van der Waals surface area contributed by atoms with Gasteiger partial charge >= 0.3 is 0 Å². The van der Waals surface area contributed by atoms with Gasteiger partial charge in [0.1, 0.15) is 5.69 Å². The van der Waals surface area contributed by atoms with Crippen molar-refractivity contribution in [1.82, 2.24) is 14.6 Å². The Morgan fingerprint density at radius 2 is 2.50 bits per heavy atom. The molecule has 0 spiro atoms. The smallest absolute Gasteiger partial charge is 0.154 e. The monoisotopic (exact) mass is 183 g/mol. The lowest BCUT2D eigenvalue weighted by Crippen LogP contribution is -1.91. The molecule has 0 N–H and O–H groups in total. The predicted octanol–water partition coefficient (Wildman–Crippen LogP) is 1.66. The van der Waals surface area contributed by atoms with Gasteiger partial charge in [-0.2, -0.15) is 5.10 Å². The molecule has 0 amide bonds. The first kappa shape index (κ1) is 8.52. The fraction of sp³-hybridized carbons (Fsp3) is 0.0909. The second kappa shape index (κ2) is 3.75. The summed E-state index contributed by atoms with van der Waals surface area (Å²) < 4.78 is 1.72. The molecule has 2 rings (SSSR count). The van der Waals surface area contributed by atoms with Crippen molar-refractivity contribution < 1.29 is 0 Å². The van der Waals surface area contributed by atoms with Gasteiger partial charge in [-0.1, -0.05) is 12.0 Å². The summed E-state index contributed by atoms with van der Waals surface area (Å²) in [7, 11) is 0. The number of aromatic nitrogens is 3. The average Bonchev–Trinajstić information content (AvgIpc) is 2.63. The van der Waals surface area contributed by atoms with Gasteiger partial charge in [-0.25, -0.2) is 9.50 Å². The third-order valence-corrected chi connectivity index (χ3v) is 1.74. The molecule has 0 aliphatic heterocycles. The number of allylic oxidation sites excluding steroid dienone is 1. The van der Waals surface area contributed by atoms with Crippen LogP contribution in [-0.4, -0.2) is 14.6 Å². The minimum atomic E-state index is 0.681. The molecule has 0 aromatic carbocycles. The van der Waals surface area contributed by atoms with Crippen molar-refractivity contribution >= 4 is 5.65 Å². The van der Waals surface area contributed by atoms with E-state index in [1.165, 1.54) is 0 Å². The molecular formula is C11H9N3. The molecule has 3 heteroatoms. The van der Waals surface area contributed by atoms with Crippen LogP contribution in [0.5, 0.6) is 0 Å². The summed E-state index contributed by atoms with van der Waals surface area (Å²) in [4.78, 5) is 4.17. The topological polar surface area (TPSA) is 30.2 Å². The minimum absolute atomic E-state index is 0.681. The van der Waals surface area contributed by atoms with Crippen molar-refractivity contribution in [3.05, 3.63) is 42.9 Å². The molecule has 0 atom stereocenters. The summed E-state index contributed by atoms with van der Waals surface area (Å²) in [6.07, 6.45) is 5.88. The average molecular weight is 183 g/mol. The molecule has 3 nitrogen and oxygen atoms in total. The van der Waals surface area contributed by atoms with E-state index in [-0.39, 0.29) is 0 Å². The van der Waals surface area contributed by atoms with E-state index in [1.807, 2.05) is 12.1 Å². The molecule has 2 aromatic rings. The fourth-order valence-corrected chi connectivity index (χ4v) is 1.13. The van der Waals surface area contributed by atoms with Crippen molar-refractivity contribution in [2.75, 3.05) is 0 Å². The highest BCUT2D eigenvalue weighted by molar-refractivity contribution is 5.42. The van der Waals surface area contributed by atoms with Gasteiger partial charge < -0.3 is 0 Å². The molecule has 0 saturated carbocycles. The number of nitrogens with zero attached hydrogens (tertiary/aromatic N) is 3. The van der Waals surface area contributed by atoms with Crippen molar-refractivity contribution in [3.63, 3.8) is 0 Å². The van der Waals surface area contributed by atoms with E-state index in [1.54, 1.807) is 23.0 Å². The largest absolute Gasteiger partial charge is 0.234 e. The van der Waals surface area contributed by atoms with Gasteiger partial charge in [0.15, 0.2) is 5.65 Å². The maximum Gasteiger partial charge on any atom is 0.154 e. The Morgan fingerprint density at radius 1 is 1.57 bits per heavy atom. The van der Waals surface area contributed by atoms with Crippen LogP contribution in [0.25, 0.3) is 5.65 Å². The van der Waals surface area contributed by atoms with E-state index in [9.17, 15) is 0 Å². The van der Waals surface area contributed by atoms with E-state index in [4.69, 9.17) is 0 Å². The van der Waals surface area contributed by atoms with Crippen LogP contribution >= 0.6 is 0 Å². The third-order valence-electron chi connectivity index (χ3n) is 1.74. The molecule has 0 radical (unpaired) electrons. The number of fused-ring (bicyclic) bond motifs is 1. The quantitative estimate of drug-likeness (QED) is 0.497. The zero-order valence-electron chi connectivity index (χ0n) is 7.64. The first-order valence-electron chi connectivity index (χ1n) is 4.30. The molecule has 0 bridgehead atoms. The van der Waals surface area contributed by atoms with Crippen LogP contribution in [0.3, 0.4) is 0 Å². The molecule has 0 saturated heterocycles. The van der Waals surface area contributed by atoms with E-state index < -0.39 is 0 Å². The molecule has 2 aromatic heterocycles. The zero-order valence-corrected chi connectivity index (χ0v) is 7.64. The maximum atomic E-state index is 4.17. The molecule has 0 aliphatic rings. The van der Waals surface area contributed by atoms with Crippen LogP contribution in [0.1, 0.15) is 12.1 Å². The predicted molar refractivity (Wildman–Crippen MR) is 54.7 cm³/mol. The summed E-state index contributed by atoms with van der Waals surface area (Å²) in [5, 5.41) is 4.15.